The number of rotatable bonds is 7. The first-order chi connectivity index (χ1) is 15.4. The summed E-state index contributed by atoms with van der Waals surface area (Å²) in [6, 6.07) is 18.7. The second-order valence-electron chi connectivity index (χ2n) is 6.88. The molecular formula is C25H20BrFN2O3. The minimum atomic E-state index is -0.515. The zero-order valence-electron chi connectivity index (χ0n) is 17.5. The molecule has 0 saturated heterocycles. The lowest BCUT2D eigenvalue weighted by atomic mass is 10.1. The van der Waals surface area contributed by atoms with E-state index in [9.17, 15) is 14.4 Å². The van der Waals surface area contributed by atoms with Gasteiger partial charge in [0.2, 0.25) is 0 Å². The van der Waals surface area contributed by atoms with Crippen LogP contribution in [0.2, 0.25) is 0 Å². The Balaban J connectivity index is 1.83. The number of halogens is 2. The molecule has 0 unspecified atom stereocenters. The minimum absolute atomic E-state index is 0.0653. The van der Waals surface area contributed by atoms with Crippen LogP contribution < -0.4 is 14.8 Å². The van der Waals surface area contributed by atoms with Crippen LogP contribution in [0.25, 0.3) is 6.08 Å². The van der Waals surface area contributed by atoms with Gasteiger partial charge in [-0.2, -0.15) is 5.26 Å². The van der Waals surface area contributed by atoms with Crippen molar-refractivity contribution in [2.24, 2.45) is 0 Å². The van der Waals surface area contributed by atoms with E-state index in [0.717, 1.165) is 5.56 Å². The molecule has 1 amide bonds. The number of nitrogens with zero attached hydrogens (tertiary/aromatic N) is 1. The van der Waals surface area contributed by atoms with Crippen LogP contribution in [0, 0.1) is 24.1 Å². The summed E-state index contributed by atoms with van der Waals surface area (Å²) in [5.41, 5.74) is 2.70. The SMILES string of the molecule is COc1cc(/C=C(/C#N)C(=O)Nc2ccccc2C)c(Br)cc1OCc1cccc(F)c1. The van der Waals surface area contributed by atoms with Crippen molar-refractivity contribution in [3.63, 3.8) is 0 Å². The number of anilines is 1. The van der Waals surface area contributed by atoms with Crippen LogP contribution in [-0.2, 0) is 11.4 Å². The molecule has 0 spiro atoms. The molecule has 0 heterocycles. The molecule has 5 nitrogen and oxygen atoms in total. The first kappa shape index (κ1) is 23.0. The Kier molecular flexibility index (Phi) is 7.63. The summed E-state index contributed by atoms with van der Waals surface area (Å²) in [5, 5.41) is 12.3. The molecule has 0 radical (unpaired) electrons. The van der Waals surface area contributed by atoms with Gasteiger partial charge in [-0.15, -0.1) is 0 Å². The summed E-state index contributed by atoms with van der Waals surface area (Å²) in [7, 11) is 1.49. The Morgan fingerprint density at radius 3 is 2.62 bits per heavy atom. The highest BCUT2D eigenvalue weighted by Gasteiger charge is 2.14. The minimum Gasteiger partial charge on any atom is -0.493 e. The van der Waals surface area contributed by atoms with Crippen LogP contribution in [0.5, 0.6) is 11.5 Å². The number of carbonyl (C=O) groups is 1. The fourth-order valence-electron chi connectivity index (χ4n) is 2.93. The maximum atomic E-state index is 13.4. The van der Waals surface area contributed by atoms with E-state index in [4.69, 9.17) is 9.47 Å². The molecule has 32 heavy (non-hydrogen) atoms. The number of hydrogen-bond acceptors (Lipinski definition) is 4. The van der Waals surface area contributed by atoms with Crippen LogP contribution in [-0.4, -0.2) is 13.0 Å². The highest BCUT2D eigenvalue weighted by atomic mass is 79.9. The molecule has 1 N–H and O–H groups in total. The predicted octanol–water partition coefficient (Wildman–Crippen LogP) is 6.03. The third-order valence-electron chi connectivity index (χ3n) is 4.62. The van der Waals surface area contributed by atoms with Crippen molar-refractivity contribution in [3.05, 3.63) is 93.2 Å². The van der Waals surface area contributed by atoms with E-state index in [-0.39, 0.29) is 18.0 Å². The molecule has 3 aromatic carbocycles. The molecule has 3 aromatic rings. The fourth-order valence-corrected chi connectivity index (χ4v) is 3.37. The maximum absolute atomic E-state index is 13.4. The van der Waals surface area contributed by atoms with E-state index in [1.54, 1.807) is 30.3 Å². The van der Waals surface area contributed by atoms with Gasteiger partial charge in [0.25, 0.3) is 5.91 Å². The summed E-state index contributed by atoms with van der Waals surface area (Å²) in [4.78, 5) is 12.6. The Labute approximate surface area is 194 Å². The van der Waals surface area contributed by atoms with Crippen molar-refractivity contribution < 1.29 is 18.7 Å². The molecule has 0 saturated carbocycles. The highest BCUT2D eigenvalue weighted by Crippen LogP contribution is 2.35. The van der Waals surface area contributed by atoms with Crippen LogP contribution in [0.15, 0.2) is 70.7 Å². The van der Waals surface area contributed by atoms with Crippen molar-refractivity contribution in [2.75, 3.05) is 12.4 Å². The lowest BCUT2D eigenvalue weighted by Crippen LogP contribution is -2.14. The van der Waals surface area contributed by atoms with Gasteiger partial charge >= 0.3 is 0 Å². The molecule has 162 valence electrons. The second kappa shape index (κ2) is 10.6. The smallest absolute Gasteiger partial charge is 0.266 e. The van der Waals surface area contributed by atoms with Gasteiger partial charge in [-0.1, -0.05) is 46.3 Å². The summed E-state index contributed by atoms with van der Waals surface area (Å²) in [5.74, 6) is -0.0112. The molecule has 0 bridgehead atoms. The van der Waals surface area contributed by atoms with E-state index >= 15 is 0 Å². The predicted molar refractivity (Wildman–Crippen MR) is 125 cm³/mol. The second-order valence-corrected chi connectivity index (χ2v) is 7.74. The van der Waals surface area contributed by atoms with Crippen molar-refractivity contribution in [2.45, 2.75) is 13.5 Å². The summed E-state index contributed by atoms with van der Waals surface area (Å²) in [6.07, 6.45) is 1.47. The number of carbonyl (C=O) groups excluding carboxylic acids is 1. The van der Waals surface area contributed by atoms with Gasteiger partial charge in [0.15, 0.2) is 11.5 Å². The number of para-hydroxylation sites is 1. The normalized spacial score (nSPS) is 10.9. The number of ether oxygens (including phenoxy) is 2. The average Bonchev–Trinajstić information content (AvgIpc) is 2.78. The quantitative estimate of drug-likeness (QED) is 0.321. The molecule has 7 heteroatoms. The number of amides is 1. The standard InChI is InChI=1S/C25H20BrFN2O3/c1-16-6-3-4-9-22(16)29-25(30)19(14-28)11-18-12-23(31-2)24(13-21(18)26)32-15-17-7-5-8-20(27)10-17/h3-13H,15H2,1-2H3,(H,29,30)/b19-11-. The monoisotopic (exact) mass is 494 g/mol. The molecular weight excluding hydrogens is 475 g/mol. The van der Waals surface area contributed by atoms with Gasteiger partial charge in [-0.25, -0.2) is 4.39 Å². The van der Waals surface area contributed by atoms with Gasteiger partial charge in [0.05, 0.1) is 7.11 Å². The molecule has 0 aromatic heterocycles. The van der Waals surface area contributed by atoms with E-state index in [0.29, 0.717) is 32.8 Å². The first-order valence-corrected chi connectivity index (χ1v) is 10.4. The topological polar surface area (TPSA) is 71.3 Å². The van der Waals surface area contributed by atoms with Crippen molar-refractivity contribution in [3.8, 4) is 17.6 Å². The molecule has 0 aliphatic heterocycles. The number of methoxy groups -OCH3 is 1. The maximum Gasteiger partial charge on any atom is 0.266 e. The Morgan fingerprint density at radius 2 is 1.94 bits per heavy atom. The van der Waals surface area contributed by atoms with Gasteiger partial charge in [0, 0.05) is 10.2 Å². The number of nitriles is 1. The first-order valence-electron chi connectivity index (χ1n) is 9.65. The summed E-state index contributed by atoms with van der Waals surface area (Å²) < 4.78 is 25.2. The lowest BCUT2D eigenvalue weighted by molar-refractivity contribution is -0.112. The van der Waals surface area contributed by atoms with E-state index in [1.165, 1.54) is 25.3 Å². The van der Waals surface area contributed by atoms with Gasteiger partial charge < -0.3 is 14.8 Å². The van der Waals surface area contributed by atoms with Gasteiger partial charge in [0.1, 0.15) is 24.1 Å². The average molecular weight is 495 g/mol. The van der Waals surface area contributed by atoms with E-state index in [1.807, 2.05) is 31.2 Å². The van der Waals surface area contributed by atoms with Crippen molar-refractivity contribution >= 4 is 33.6 Å². The number of hydrogen-bond donors (Lipinski definition) is 1. The van der Waals surface area contributed by atoms with Gasteiger partial charge in [-0.05, 0) is 60.0 Å². The van der Waals surface area contributed by atoms with Crippen molar-refractivity contribution in [1.82, 2.24) is 0 Å². The largest absolute Gasteiger partial charge is 0.493 e. The molecule has 0 fully saturated rings. The zero-order chi connectivity index (χ0) is 23.1. The number of benzene rings is 3. The van der Waals surface area contributed by atoms with E-state index in [2.05, 4.69) is 21.2 Å². The third kappa shape index (κ3) is 5.74. The third-order valence-corrected chi connectivity index (χ3v) is 5.31. The number of nitrogens with one attached hydrogen (secondary N) is 1. The Bertz CT molecular complexity index is 1220. The van der Waals surface area contributed by atoms with Crippen LogP contribution >= 0.6 is 15.9 Å². The van der Waals surface area contributed by atoms with Crippen LogP contribution in [0.1, 0.15) is 16.7 Å². The van der Waals surface area contributed by atoms with Gasteiger partial charge in [-0.3, -0.25) is 4.79 Å². The summed E-state index contributed by atoms with van der Waals surface area (Å²) in [6.45, 7) is 2.02. The van der Waals surface area contributed by atoms with Crippen LogP contribution in [0.3, 0.4) is 0 Å². The molecule has 3 rings (SSSR count). The van der Waals surface area contributed by atoms with E-state index < -0.39 is 5.91 Å². The fraction of sp³-hybridized carbons (Fsp3) is 0.120. The highest BCUT2D eigenvalue weighted by molar-refractivity contribution is 9.10. The molecule has 0 atom stereocenters. The zero-order valence-corrected chi connectivity index (χ0v) is 19.1. The Morgan fingerprint density at radius 1 is 1.16 bits per heavy atom. The molecule has 0 aliphatic rings. The lowest BCUT2D eigenvalue weighted by Gasteiger charge is -2.13. The van der Waals surface area contributed by atoms with Crippen LogP contribution in [0.4, 0.5) is 10.1 Å². The Hall–Kier alpha value is -3.63. The number of aryl methyl sites for hydroxylation is 1. The summed E-state index contributed by atoms with van der Waals surface area (Å²) >= 11 is 3.45. The molecule has 0 aliphatic carbocycles. The van der Waals surface area contributed by atoms with Crippen molar-refractivity contribution in [1.29, 1.82) is 5.26 Å².